The van der Waals surface area contributed by atoms with Crippen LogP contribution in [0.5, 0.6) is 0 Å². The Morgan fingerprint density at radius 2 is 2.14 bits per heavy atom. The third kappa shape index (κ3) is 5.69. The normalized spacial score (nSPS) is 12.1. The first-order valence-electron chi connectivity index (χ1n) is 6.88. The monoisotopic (exact) mass is 350 g/mol. The number of carbonyl (C=O) groups is 1. The zero-order valence-corrected chi connectivity index (χ0v) is 13.5. The number of carbonyl (C=O) groups excluding carboxylic acids is 1. The van der Waals surface area contributed by atoms with E-state index in [1.165, 1.54) is 0 Å². The second kappa shape index (κ2) is 7.95. The molecule has 1 heterocycles. The predicted molar refractivity (Wildman–Crippen MR) is 87.1 cm³/mol. The molecule has 1 amide bonds. The SMILES string of the molecule is CC(CC(=O)Nc1ccc(Br)cc1)NCCn1ccnc1. The van der Waals surface area contributed by atoms with Gasteiger partial charge in [0.05, 0.1) is 6.33 Å². The second-order valence-electron chi connectivity index (χ2n) is 4.91. The fourth-order valence-electron chi connectivity index (χ4n) is 1.95. The lowest BCUT2D eigenvalue weighted by molar-refractivity contribution is -0.116. The summed E-state index contributed by atoms with van der Waals surface area (Å²) in [6.07, 6.45) is 5.91. The van der Waals surface area contributed by atoms with Gasteiger partial charge in [-0.15, -0.1) is 0 Å². The fraction of sp³-hybridized carbons (Fsp3) is 0.333. The summed E-state index contributed by atoms with van der Waals surface area (Å²) in [7, 11) is 0. The summed E-state index contributed by atoms with van der Waals surface area (Å²) in [4.78, 5) is 15.9. The molecule has 0 aliphatic carbocycles. The standard InChI is InChI=1S/C15H19BrN4O/c1-12(18-7-9-20-8-6-17-11-20)10-15(21)19-14-4-2-13(16)3-5-14/h2-6,8,11-12,18H,7,9-10H2,1H3,(H,19,21). The van der Waals surface area contributed by atoms with Crippen molar-refractivity contribution in [3.8, 4) is 0 Å². The Hall–Kier alpha value is -1.66. The van der Waals surface area contributed by atoms with Gasteiger partial charge in [0.1, 0.15) is 0 Å². The summed E-state index contributed by atoms with van der Waals surface area (Å²) in [6.45, 7) is 3.66. The minimum Gasteiger partial charge on any atom is -0.336 e. The van der Waals surface area contributed by atoms with Crippen molar-refractivity contribution in [2.24, 2.45) is 0 Å². The molecular weight excluding hydrogens is 332 g/mol. The number of halogens is 1. The Morgan fingerprint density at radius 3 is 2.81 bits per heavy atom. The van der Waals surface area contributed by atoms with Gasteiger partial charge in [-0.2, -0.15) is 0 Å². The Balaban J connectivity index is 1.68. The number of amides is 1. The maximum atomic E-state index is 11.9. The summed E-state index contributed by atoms with van der Waals surface area (Å²) in [6, 6.07) is 7.69. The number of nitrogens with zero attached hydrogens (tertiary/aromatic N) is 2. The molecule has 2 rings (SSSR count). The first-order valence-corrected chi connectivity index (χ1v) is 7.67. The molecule has 112 valence electrons. The third-order valence-electron chi connectivity index (χ3n) is 3.04. The highest BCUT2D eigenvalue weighted by molar-refractivity contribution is 9.10. The third-order valence-corrected chi connectivity index (χ3v) is 3.57. The molecule has 1 aromatic carbocycles. The quantitative estimate of drug-likeness (QED) is 0.806. The lowest BCUT2D eigenvalue weighted by Gasteiger charge is -2.14. The molecule has 0 aliphatic rings. The zero-order valence-electron chi connectivity index (χ0n) is 11.9. The van der Waals surface area contributed by atoms with Crippen LogP contribution >= 0.6 is 15.9 Å². The van der Waals surface area contributed by atoms with E-state index in [0.717, 1.165) is 23.2 Å². The molecule has 2 N–H and O–H groups in total. The Kier molecular flexibility index (Phi) is 5.95. The van der Waals surface area contributed by atoms with Crippen molar-refractivity contribution in [1.82, 2.24) is 14.9 Å². The fourth-order valence-corrected chi connectivity index (χ4v) is 2.22. The lowest BCUT2D eigenvalue weighted by atomic mass is 10.2. The van der Waals surface area contributed by atoms with Crippen molar-refractivity contribution >= 4 is 27.5 Å². The van der Waals surface area contributed by atoms with Crippen LogP contribution in [0.1, 0.15) is 13.3 Å². The van der Waals surface area contributed by atoms with Gasteiger partial charge in [-0.25, -0.2) is 4.98 Å². The number of benzene rings is 1. The highest BCUT2D eigenvalue weighted by atomic mass is 79.9. The first-order chi connectivity index (χ1) is 10.1. The summed E-state index contributed by atoms with van der Waals surface area (Å²) in [5.41, 5.74) is 0.814. The minimum absolute atomic E-state index is 0.0138. The van der Waals surface area contributed by atoms with E-state index in [4.69, 9.17) is 0 Å². The lowest BCUT2D eigenvalue weighted by Crippen LogP contribution is -2.32. The largest absolute Gasteiger partial charge is 0.336 e. The second-order valence-corrected chi connectivity index (χ2v) is 5.83. The van der Waals surface area contributed by atoms with Crippen LogP contribution in [-0.4, -0.2) is 28.0 Å². The van der Waals surface area contributed by atoms with Crippen molar-refractivity contribution < 1.29 is 4.79 Å². The number of nitrogens with one attached hydrogen (secondary N) is 2. The number of rotatable bonds is 7. The van der Waals surface area contributed by atoms with Gasteiger partial charge in [0, 0.05) is 48.1 Å². The minimum atomic E-state index is 0.0138. The molecule has 1 unspecified atom stereocenters. The van der Waals surface area contributed by atoms with Gasteiger partial charge in [0.25, 0.3) is 0 Å². The van der Waals surface area contributed by atoms with Gasteiger partial charge < -0.3 is 15.2 Å². The molecule has 1 aromatic heterocycles. The molecule has 6 heteroatoms. The highest BCUT2D eigenvalue weighted by Crippen LogP contribution is 2.14. The molecular formula is C15H19BrN4O. The molecule has 0 spiro atoms. The Labute approximate surface area is 132 Å². The number of imidazole rings is 1. The summed E-state index contributed by atoms with van der Waals surface area (Å²) in [5, 5.41) is 6.22. The van der Waals surface area contributed by atoms with E-state index in [2.05, 4.69) is 31.5 Å². The van der Waals surface area contributed by atoms with Gasteiger partial charge >= 0.3 is 0 Å². The van der Waals surface area contributed by atoms with Gasteiger partial charge in [-0.3, -0.25) is 4.79 Å². The van der Waals surface area contributed by atoms with Crippen LogP contribution in [0.15, 0.2) is 47.5 Å². The van der Waals surface area contributed by atoms with Crippen LogP contribution in [0, 0.1) is 0 Å². The van der Waals surface area contributed by atoms with Crippen molar-refractivity contribution in [3.05, 3.63) is 47.5 Å². The molecule has 1 atom stereocenters. The number of anilines is 1. The molecule has 0 radical (unpaired) electrons. The van der Waals surface area contributed by atoms with Crippen LogP contribution in [0.4, 0.5) is 5.69 Å². The van der Waals surface area contributed by atoms with E-state index in [0.29, 0.717) is 6.42 Å². The maximum absolute atomic E-state index is 11.9. The molecule has 0 saturated heterocycles. The zero-order chi connectivity index (χ0) is 15.1. The van der Waals surface area contributed by atoms with E-state index >= 15 is 0 Å². The van der Waals surface area contributed by atoms with E-state index in [1.54, 1.807) is 12.5 Å². The van der Waals surface area contributed by atoms with Crippen molar-refractivity contribution in [2.45, 2.75) is 25.9 Å². The van der Waals surface area contributed by atoms with Crippen LogP contribution in [-0.2, 0) is 11.3 Å². The molecule has 0 bridgehead atoms. The molecule has 0 saturated carbocycles. The van der Waals surface area contributed by atoms with Crippen molar-refractivity contribution in [3.63, 3.8) is 0 Å². The van der Waals surface area contributed by atoms with Gasteiger partial charge in [0.15, 0.2) is 0 Å². The predicted octanol–water partition coefficient (Wildman–Crippen LogP) is 2.65. The Morgan fingerprint density at radius 1 is 1.38 bits per heavy atom. The average Bonchev–Trinajstić information content (AvgIpc) is 2.94. The van der Waals surface area contributed by atoms with E-state index in [-0.39, 0.29) is 11.9 Å². The van der Waals surface area contributed by atoms with Crippen LogP contribution in [0.3, 0.4) is 0 Å². The molecule has 5 nitrogen and oxygen atoms in total. The number of hydrogen-bond donors (Lipinski definition) is 2. The van der Waals surface area contributed by atoms with E-state index in [9.17, 15) is 4.79 Å². The van der Waals surface area contributed by atoms with Crippen molar-refractivity contribution in [1.29, 1.82) is 0 Å². The van der Waals surface area contributed by atoms with Crippen molar-refractivity contribution in [2.75, 3.05) is 11.9 Å². The van der Waals surface area contributed by atoms with Crippen LogP contribution in [0.2, 0.25) is 0 Å². The van der Waals surface area contributed by atoms with Crippen LogP contribution < -0.4 is 10.6 Å². The first kappa shape index (κ1) is 15.7. The van der Waals surface area contributed by atoms with E-state index in [1.807, 2.05) is 42.0 Å². The maximum Gasteiger partial charge on any atom is 0.225 e. The number of hydrogen-bond acceptors (Lipinski definition) is 3. The van der Waals surface area contributed by atoms with Gasteiger partial charge in [0.2, 0.25) is 5.91 Å². The number of aromatic nitrogens is 2. The summed E-state index contributed by atoms with van der Waals surface area (Å²) < 4.78 is 3.00. The average molecular weight is 351 g/mol. The molecule has 0 aliphatic heterocycles. The topological polar surface area (TPSA) is 59.0 Å². The van der Waals surface area contributed by atoms with Crippen LogP contribution in [0.25, 0.3) is 0 Å². The molecule has 0 fully saturated rings. The summed E-state index contributed by atoms with van der Waals surface area (Å²) >= 11 is 3.37. The molecule has 21 heavy (non-hydrogen) atoms. The van der Waals surface area contributed by atoms with Gasteiger partial charge in [-0.05, 0) is 31.2 Å². The molecule has 2 aromatic rings. The van der Waals surface area contributed by atoms with E-state index < -0.39 is 0 Å². The smallest absolute Gasteiger partial charge is 0.225 e. The Bertz CT molecular complexity index is 554. The summed E-state index contributed by atoms with van der Waals surface area (Å²) in [5.74, 6) is 0.0138. The highest BCUT2D eigenvalue weighted by Gasteiger charge is 2.08. The van der Waals surface area contributed by atoms with Gasteiger partial charge in [-0.1, -0.05) is 15.9 Å².